The van der Waals surface area contributed by atoms with Crippen LogP contribution in [0.3, 0.4) is 0 Å². The van der Waals surface area contributed by atoms with Gasteiger partial charge >= 0.3 is 0 Å². The minimum atomic E-state index is 0.0567. The van der Waals surface area contributed by atoms with Gasteiger partial charge in [-0.25, -0.2) is 4.98 Å². The summed E-state index contributed by atoms with van der Waals surface area (Å²) in [6.45, 7) is 6.62. The average molecular weight is 313 g/mol. The van der Waals surface area contributed by atoms with Crippen LogP contribution in [-0.2, 0) is 26.6 Å². The molecule has 0 saturated heterocycles. The second-order valence-corrected chi connectivity index (χ2v) is 6.88. The Balaban J connectivity index is 1.58. The lowest BCUT2D eigenvalue weighted by Crippen LogP contribution is -2.36. The lowest BCUT2D eigenvalue weighted by atomic mass is 10.1. The zero-order chi connectivity index (χ0) is 16.1. The van der Waals surface area contributed by atoms with Crippen LogP contribution in [0, 0.1) is 13.8 Å². The molecule has 2 aromatic heterocycles. The highest BCUT2D eigenvalue weighted by atomic mass is 16.1. The summed E-state index contributed by atoms with van der Waals surface area (Å²) < 4.78 is 1.93. The van der Waals surface area contributed by atoms with Gasteiger partial charge in [0.15, 0.2) is 0 Å². The van der Waals surface area contributed by atoms with E-state index < -0.39 is 0 Å². The summed E-state index contributed by atoms with van der Waals surface area (Å²) in [6, 6.07) is 0. The predicted molar refractivity (Wildman–Crippen MR) is 87.3 cm³/mol. The van der Waals surface area contributed by atoms with E-state index in [1.165, 1.54) is 11.3 Å². The first-order valence-corrected chi connectivity index (χ1v) is 8.36. The third kappa shape index (κ3) is 2.61. The molecule has 1 aliphatic carbocycles. The van der Waals surface area contributed by atoms with E-state index in [9.17, 15) is 4.79 Å². The van der Waals surface area contributed by atoms with Crippen molar-refractivity contribution in [3.05, 3.63) is 44.4 Å². The number of aryl methyl sites for hydroxylation is 2. The van der Waals surface area contributed by atoms with Gasteiger partial charge in [-0.15, -0.1) is 0 Å². The molecule has 23 heavy (non-hydrogen) atoms. The highest BCUT2D eigenvalue weighted by molar-refractivity contribution is 5.26. The van der Waals surface area contributed by atoms with Crippen molar-refractivity contribution in [2.45, 2.75) is 52.1 Å². The summed E-state index contributed by atoms with van der Waals surface area (Å²) >= 11 is 0. The van der Waals surface area contributed by atoms with Crippen LogP contribution >= 0.6 is 0 Å². The van der Waals surface area contributed by atoms with Crippen LogP contribution in [0.1, 0.15) is 52.8 Å². The van der Waals surface area contributed by atoms with Crippen LogP contribution in [0.5, 0.6) is 0 Å². The second-order valence-electron chi connectivity index (χ2n) is 6.88. The van der Waals surface area contributed by atoms with Crippen molar-refractivity contribution in [2.75, 3.05) is 6.54 Å². The first-order valence-electron chi connectivity index (χ1n) is 8.36. The molecule has 3 heterocycles. The van der Waals surface area contributed by atoms with Gasteiger partial charge in [0, 0.05) is 50.3 Å². The molecule has 1 aliphatic heterocycles. The summed E-state index contributed by atoms with van der Waals surface area (Å²) in [5.41, 5.74) is 5.46. The molecule has 0 radical (unpaired) electrons. The molecule has 6 heteroatoms. The van der Waals surface area contributed by atoms with Gasteiger partial charge in [-0.2, -0.15) is 5.10 Å². The van der Waals surface area contributed by atoms with Gasteiger partial charge in [-0.1, -0.05) is 0 Å². The average Bonchev–Trinajstić information content (AvgIpc) is 3.33. The van der Waals surface area contributed by atoms with Gasteiger partial charge in [0.05, 0.1) is 17.0 Å². The number of hydrogen-bond donors (Lipinski definition) is 1. The van der Waals surface area contributed by atoms with Gasteiger partial charge in [0.25, 0.3) is 5.56 Å². The highest BCUT2D eigenvalue weighted by Gasteiger charge is 2.29. The molecule has 1 fully saturated rings. The van der Waals surface area contributed by atoms with Crippen LogP contribution in [0.4, 0.5) is 0 Å². The maximum absolute atomic E-state index is 12.4. The largest absolute Gasteiger partial charge is 0.310 e. The molecule has 1 saturated carbocycles. The summed E-state index contributed by atoms with van der Waals surface area (Å²) in [5, 5.41) is 4.49. The topological polar surface area (TPSA) is 66.8 Å². The van der Waals surface area contributed by atoms with Gasteiger partial charge in [0.1, 0.15) is 5.82 Å². The number of nitrogens with zero attached hydrogens (tertiary/aromatic N) is 4. The summed E-state index contributed by atoms with van der Waals surface area (Å²) in [6.07, 6.45) is 3.18. The monoisotopic (exact) mass is 313 g/mol. The van der Waals surface area contributed by atoms with Crippen molar-refractivity contribution in [3.8, 4) is 0 Å². The lowest BCUT2D eigenvalue weighted by molar-refractivity contribution is 0.240. The molecule has 2 aromatic rings. The zero-order valence-corrected chi connectivity index (χ0v) is 14.0. The van der Waals surface area contributed by atoms with Crippen molar-refractivity contribution in [3.63, 3.8) is 0 Å². The summed E-state index contributed by atoms with van der Waals surface area (Å²) in [4.78, 5) is 22.5. The molecule has 1 N–H and O–H groups in total. The van der Waals surface area contributed by atoms with E-state index in [1.54, 1.807) is 0 Å². The van der Waals surface area contributed by atoms with Gasteiger partial charge in [-0.3, -0.25) is 14.4 Å². The van der Waals surface area contributed by atoms with Crippen molar-refractivity contribution >= 4 is 0 Å². The Bertz CT molecular complexity index is 815. The number of fused-ring (bicyclic) bond motifs is 1. The predicted octanol–water partition coefficient (Wildman–Crippen LogP) is 1.56. The molecule has 0 unspecified atom stereocenters. The molecule has 0 amide bonds. The Hall–Kier alpha value is -1.95. The Morgan fingerprint density at radius 1 is 1.30 bits per heavy atom. The van der Waals surface area contributed by atoms with Gasteiger partial charge in [-0.05, 0) is 26.7 Å². The molecular formula is C17H23N5O. The van der Waals surface area contributed by atoms with E-state index in [4.69, 9.17) is 4.98 Å². The zero-order valence-electron chi connectivity index (χ0n) is 14.0. The highest BCUT2D eigenvalue weighted by Crippen LogP contribution is 2.37. The summed E-state index contributed by atoms with van der Waals surface area (Å²) in [5.74, 6) is 1.40. The van der Waals surface area contributed by atoms with Crippen LogP contribution in [-0.4, -0.2) is 31.2 Å². The SMILES string of the molecule is Cc1nn(C)c(C)c1CN1CCc2nc(C3CC3)[nH]c(=O)c2C1. The first-order chi connectivity index (χ1) is 11.0. The molecule has 122 valence electrons. The number of nitrogens with one attached hydrogen (secondary N) is 1. The maximum atomic E-state index is 12.4. The Morgan fingerprint density at radius 2 is 2.09 bits per heavy atom. The summed E-state index contributed by atoms with van der Waals surface area (Å²) in [7, 11) is 1.98. The third-order valence-electron chi connectivity index (χ3n) is 5.17. The third-order valence-corrected chi connectivity index (χ3v) is 5.17. The minimum absolute atomic E-state index is 0.0567. The smallest absolute Gasteiger partial charge is 0.255 e. The molecule has 0 bridgehead atoms. The van der Waals surface area contributed by atoms with E-state index in [1.807, 2.05) is 11.7 Å². The lowest BCUT2D eigenvalue weighted by Gasteiger charge is -2.27. The molecular weight excluding hydrogens is 290 g/mol. The number of aromatic nitrogens is 4. The number of rotatable bonds is 3. The fourth-order valence-electron chi connectivity index (χ4n) is 3.46. The molecule has 6 nitrogen and oxygen atoms in total. The Labute approximate surface area is 135 Å². The fraction of sp³-hybridized carbons (Fsp3) is 0.588. The second kappa shape index (κ2) is 5.30. The number of H-pyrrole nitrogens is 1. The van der Waals surface area contributed by atoms with Crippen LogP contribution in [0.15, 0.2) is 4.79 Å². The van der Waals surface area contributed by atoms with Crippen molar-refractivity contribution in [1.29, 1.82) is 0 Å². The molecule has 4 rings (SSSR count). The Morgan fingerprint density at radius 3 is 2.74 bits per heavy atom. The van der Waals surface area contributed by atoms with E-state index in [0.29, 0.717) is 12.5 Å². The molecule has 2 aliphatic rings. The number of hydrogen-bond acceptors (Lipinski definition) is 4. The quantitative estimate of drug-likeness (QED) is 0.934. The molecule has 0 aromatic carbocycles. The van der Waals surface area contributed by atoms with Crippen LogP contribution in [0.25, 0.3) is 0 Å². The minimum Gasteiger partial charge on any atom is -0.310 e. The standard InChI is InChI=1S/C17H23N5O/c1-10-13(11(2)21(3)20-10)8-22-7-6-15-14(9-22)17(23)19-16(18-15)12-4-5-12/h12H,4-9H2,1-3H3,(H,18,19,23). The first kappa shape index (κ1) is 14.6. The Kier molecular flexibility index (Phi) is 3.37. The number of aromatic amines is 1. The maximum Gasteiger partial charge on any atom is 0.255 e. The normalized spacial score (nSPS) is 18.2. The fourth-order valence-corrected chi connectivity index (χ4v) is 3.46. The van der Waals surface area contributed by atoms with Gasteiger partial charge in [0.2, 0.25) is 0 Å². The van der Waals surface area contributed by atoms with Crippen LogP contribution < -0.4 is 5.56 Å². The van der Waals surface area contributed by atoms with Crippen molar-refractivity contribution in [1.82, 2.24) is 24.6 Å². The van der Waals surface area contributed by atoms with Crippen LogP contribution in [0.2, 0.25) is 0 Å². The molecule has 0 spiro atoms. The van der Waals surface area contributed by atoms with Crippen molar-refractivity contribution in [2.24, 2.45) is 7.05 Å². The van der Waals surface area contributed by atoms with E-state index in [0.717, 1.165) is 55.1 Å². The van der Waals surface area contributed by atoms with Gasteiger partial charge < -0.3 is 4.98 Å². The van der Waals surface area contributed by atoms with Crippen molar-refractivity contribution < 1.29 is 0 Å². The van der Waals surface area contributed by atoms with E-state index in [2.05, 4.69) is 28.8 Å². The van der Waals surface area contributed by atoms with E-state index in [-0.39, 0.29) is 5.56 Å². The molecule has 0 atom stereocenters. The van der Waals surface area contributed by atoms with E-state index >= 15 is 0 Å².